The highest BCUT2D eigenvalue weighted by Crippen LogP contribution is 2.20. The van der Waals surface area contributed by atoms with E-state index in [0.717, 1.165) is 18.5 Å². The first-order valence-corrected chi connectivity index (χ1v) is 7.09. The molecule has 124 valence electrons. The molecule has 0 aliphatic heterocycles. The van der Waals surface area contributed by atoms with Gasteiger partial charge in [-0.2, -0.15) is 0 Å². The Labute approximate surface area is 152 Å². The molecule has 1 aromatic heterocycles. The van der Waals surface area contributed by atoms with Crippen LogP contribution in [0.3, 0.4) is 0 Å². The topological polar surface area (TPSA) is 72.5 Å². The molecule has 3 N–H and O–H groups in total. The molecule has 0 saturated carbocycles. The van der Waals surface area contributed by atoms with Gasteiger partial charge < -0.3 is 15.8 Å². The largest absolute Gasteiger partial charge is 0.439 e. The van der Waals surface area contributed by atoms with Crippen molar-refractivity contribution >= 4 is 29.9 Å². The Morgan fingerprint density at radius 2 is 2.04 bits per heavy atom. The Hall–Kier alpha value is -1.90. The first kappa shape index (κ1) is 19.1. The monoisotopic (exact) mass is 430 g/mol. The van der Waals surface area contributed by atoms with Crippen molar-refractivity contribution in [1.82, 2.24) is 10.3 Å². The Morgan fingerprint density at radius 3 is 2.74 bits per heavy atom. The molecule has 2 rings (SSSR count). The molecular formula is C16H20FIN4O. The molecule has 0 bridgehead atoms. The number of nitrogens with two attached hydrogens (primary N) is 1. The van der Waals surface area contributed by atoms with Crippen LogP contribution >= 0.6 is 24.0 Å². The summed E-state index contributed by atoms with van der Waals surface area (Å²) in [6.07, 6.45) is 2.63. The second kappa shape index (κ2) is 9.98. The summed E-state index contributed by atoms with van der Waals surface area (Å²) in [4.78, 5) is 8.36. The van der Waals surface area contributed by atoms with Crippen LogP contribution in [-0.2, 0) is 6.54 Å². The van der Waals surface area contributed by atoms with Gasteiger partial charge in [-0.1, -0.05) is 6.92 Å². The molecule has 1 aromatic carbocycles. The van der Waals surface area contributed by atoms with Crippen molar-refractivity contribution in [3.63, 3.8) is 0 Å². The van der Waals surface area contributed by atoms with Gasteiger partial charge >= 0.3 is 0 Å². The summed E-state index contributed by atoms with van der Waals surface area (Å²) < 4.78 is 18.4. The Balaban J connectivity index is 0.00000264. The van der Waals surface area contributed by atoms with Gasteiger partial charge in [-0.05, 0) is 42.3 Å². The van der Waals surface area contributed by atoms with E-state index < -0.39 is 0 Å². The SMILES string of the molecule is CCCNC(N)=NCc1ccnc(Oc2ccc(F)cc2)c1.I. The highest BCUT2D eigenvalue weighted by Gasteiger charge is 2.01. The minimum atomic E-state index is -0.307. The molecule has 0 aliphatic carbocycles. The number of nitrogens with zero attached hydrogens (tertiary/aromatic N) is 2. The summed E-state index contributed by atoms with van der Waals surface area (Å²) in [6, 6.07) is 9.39. The van der Waals surface area contributed by atoms with Crippen LogP contribution in [-0.4, -0.2) is 17.5 Å². The van der Waals surface area contributed by atoms with E-state index in [1.807, 2.05) is 6.07 Å². The number of pyridine rings is 1. The Morgan fingerprint density at radius 1 is 1.30 bits per heavy atom. The van der Waals surface area contributed by atoms with Crippen LogP contribution in [0.5, 0.6) is 11.6 Å². The van der Waals surface area contributed by atoms with Crippen LogP contribution in [0.4, 0.5) is 4.39 Å². The van der Waals surface area contributed by atoms with Crippen LogP contribution in [0.2, 0.25) is 0 Å². The number of hydrogen-bond donors (Lipinski definition) is 2. The molecular weight excluding hydrogens is 410 g/mol. The highest BCUT2D eigenvalue weighted by atomic mass is 127. The van der Waals surface area contributed by atoms with Crippen LogP contribution in [0, 0.1) is 5.82 Å². The van der Waals surface area contributed by atoms with Crippen molar-refractivity contribution in [1.29, 1.82) is 0 Å². The molecule has 23 heavy (non-hydrogen) atoms. The summed E-state index contributed by atoms with van der Waals surface area (Å²) in [6.45, 7) is 3.29. The molecule has 2 aromatic rings. The second-order valence-electron chi connectivity index (χ2n) is 4.69. The van der Waals surface area contributed by atoms with Crippen LogP contribution in [0.25, 0.3) is 0 Å². The van der Waals surface area contributed by atoms with Crippen molar-refractivity contribution in [2.45, 2.75) is 19.9 Å². The summed E-state index contributed by atoms with van der Waals surface area (Å²) >= 11 is 0. The molecule has 0 radical (unpaired) electrons. The second-order valence-corrected chi connectivity index (χ2v) is 4.69. The molecule has 0 aliphatic rings. The lowest BCUT2D eigenvalue weighted by Gasteiger charge is -2.06. The summed E-state index contributed by atoms with van der Waals surface area (Å²) in [7, 11) is 0. The van der Waals surface area contributed by atoms with Crippen molar-refractivity contribution in [3.05, 3.63) is 54.0 Å². The molecule has 7 heteroatoms. The lowest BCUT2D eigenvalue weighted by molar-refractivity contribution is 0.460. The average molecular weight is 430 g/mol. The van der Waals surface area contributed by atoms with Gasteiger partial charge in [0.05, 0.1) is 6.54 Å². The number of halogens is 2. The van der Waals surface area contributed by atoms with Gasteiger partial charge in [0.15, 0.2) is 5.96 Å². The van der Waals surface area contributed by atoms with Crippen molar-refractivity contribution in [2.75, 3.05) is 6.54 Å². The molecule has 5 nitrogen and oxygen atoms in total. The predicted octanol–water partition coefficient (Wildman–Crippen LogP) is 3.45. The smallest absolute Gasteiger partial charge is 0.219 e. The van der Waals surface area contributed by atoms with Gasteiger partial charge in [0.25, 0.3) is 0 Å². The minimum Gasteiger partial charge on any atom is -0.439 e. The van der Waals surface area contributed by atoms with E-state index in [0.29, 0.717) is 24.1 Å². The molecule has 0 atom stereocenters. The van der Waals surface area contributed by atoms with E-state index in [9.17, 15) is 4.39 Å². The number of aliphatic imine (C=N–C) groups is 1. The van der Waals surface area contributed by atoms with Gasteiger partial charge in [-0.3, -0.25) is 0 Å². The van der Waals surface area contributed by atoms with Gasteiger partial charge in [0.2, 0.25) is 5.88 Å². The summed E-state index contributed by atoms with van der Waals surface area (Å²) in [5.41, 5.74) is 6.66. The van der Waals surface area contributed by atoms with E-state index in [4.69, 9.17) is 10.5 Å². The maximum Gasteiger partial charge on any atom is 0.219 e. The lowest BCUT2D eigenvalue weighted by Crippen LogP contribution is -2.32. The number of aromatic nitrogens is 1. The number of ether oxygens (including phenoxy) is 1. The molecule has 0 spiro atoms. The maximum absolute atomic E-state index is 12.9. The third kappa shape index (κ3) is 6.81. The fourth-order valence-electron chi connectivity index (χ4n) is 1.71. The predicted molar refractivity (Wildman–Crippen MR) is 99.7 cm³/mol. The van der Waals surface area contributed by atoms with E-state index in [1.54, 1.807) is 24.4 Å². The third-order valence-electron chi connectivity index (χ3n) is 2.82. The summed E-state index contributed by atoms with van der Waals surface area (Å²) in [5.74, 6) is 1.07. The highest BCUT2D eigenvalue weighted by molar-refractivity contribution is 14.0. The Kier molecular flexibility index (Phi) is 8.31. The van der Waals surface area contributed by atoms with Crippen molar-refractivity contribution < 1.29 is 9.13 Å². The van der Waals surface area contributed by atoms with Crippen LogP contribution in [0.15, 0.2) is 47.6 Å². The van der Waals surface area contributed by atoms with Crippen molar-refractivity contribution in [3.8, 4) is 11.6 Å². The van der Waals surface area contributed by atoms with Crippen molar-refractivity contribution in [2.24, 2.45) is 10.7 Å². The number of nitrogens with one attached hydrogen (secondary N) is 1. The molecule has 1 heterocycles. The minimum absolute atomic E-state index is 0. The molecule has 0 amide bonds. The number of rotatable bonds is 6. The fraction of sp³-hybridized carbons (Fsp3) is 0.250. The van der Waals surface area contributed by atoms with Crippen LogP contribution < -0.4 is 15.8 Å². The van der Waals surface area contributed by atoms with E-state index in [1.165, 1.54) is 12.1 Å². The average Bonchev–Trinajstić information content (AvgIpc) is 2.53. The third-order valence-corrected chi connectivity index (χ3v) is 2.82. The number of hydrogen-bond acceptors (Lipinski definition) is 3. The number of guanidine groups is 1. The van der Waals surface area contributed by atoms with Gasteiger partial charge in [0.1, 0.15) is 11.6 Å². The zero-order valence-corrected chi connectivity index (χ0v) is 15.2. The molecule has 0 saturated heterocycles. The first-order valence-electron chi connectivity index (χ1n) is 7.09. The maximum atomic E-state index is 12.9. The van der Waals surface area contributed by atoms with E-state index in [2.05, 4.69) is 22.2 Å². The number of benzene rings is 1. The zero-order valence-electron chi connectivity index (χ0n) is 12.8. The fourth-order valence-corrected chi connectivity index (χ4v) is 1.71. The quantitative estimate of drug-likeness (QED) is 0.419. The van der Waals surface area contributed by atoms with Crippen LogP contribution in [0.1, 0.15) is 18.9 Å². The molecule has 0 fully saturated rings. The molecule has 0 unspecified atom stereocenters. The normalized spacial score (nSPS) is 10.8. The van der Waals surface area contributed by atoms with Gasteiger partial charge in [0, 0.05) is 18.8 Å². The Bertz CT molecular complexity index is 634. The zero-order chi connectivity index (χ0) is 15.8. The standard InChI is InChI=1S/C16H19FN4O.HI/c1-2-8-20-16(18)21-11-12-7-9-19-15(10-12)22-14-5-3-13(17)4-6-14;/h3-7,9-10H,2,8,11H2,1H3,(H3,18,20,21);1H. The summed E-state index contributed by atoms with van der Waals surface area (Å²) in [5, 5.41) is 3.01. The first-order chi connectivity index (χ1) is 10.7. The van der Waals surface area contributed by atoms with E-state index in [-0.39, 0.29) is 29.8 Å². The van der Waals surface area contributed by atoms with Gasteiger partial charge in [-0.15, -0.1) is 24.0 Å². The van der Waals surface area contributed by atoms with E-state index >= 15 is 0 Å². The van der Waals surface area contributed by atoms with Gasteiger partial charge in [-0.25, -0.2) is 14.4 Å². The lowest BCUT2D eigenvalue weighted by atomic mass is 10.2.